The molecule has 0 fully saturated rings. The highest BCUT2D eigenvalue weighted by Gasteiger charge is 2.20. The average Bonchev–Trinajstić information content (AvgIpc) is 2.00. The van der Waals surface area contributed by atoms with Crippen LogP contribution in [0, 0.1) is 0 Å². The van der Waals surface area contributed by atoms with Crippen LogP contribution in [0.2, 0.25) is 10.0 Å². The third kappa shape index (κ3) is 2.60. The van der Waals surface area contributed by atoms with Crippen LogP contribution in [0.5, 0.6) is 0 Å². The fourth-order valence-corrected chi connectivity index (χ4v) is 2.22. The third-order valence-electron chi connectivity index (χ3n) is 1.53. The lowest BCUT2D eigenvalue weighted by Crippen LogP contribution is -2.04. The minimum absolute atomic E-state index is 0.208. The summed E-state index contributed by atoms with van der Waals surface area (Å²) in [6, 6.07) is 1.64. The molecule has 0 saturated heterocycles. The molecular formula is C7H4Cl2O5S. The molecule has 0 aliphatic rings. The molecule has 0 saturated carbocycles. The molecule has 0 heterocycles. The highest BCUT2D eigenvalue weighted by Crippen LogP contribution is 2.28. The number of aromatic carboxylic acids is 1. The van der Waals surface area contributed by atoms with E-state index in [0.29, 0.717) is 6.07 Å². The van der Waals surface area contributed by atoms with Gasteiger partial charge < -0.3 is 5.11 Å². The summed E-state index contributed by atoms with van der Waals surface area (Å²) in [5.41, 5.74) is -0.450. The van der Waals surface area contributed by atoms with Crippen molar-refractivity contribution in [3.63, 3.8) is 0 Å². The first-order chi connectivity index (χ1) is 6.73. The maximum absolute atomic E-state index is 10.8. The zero-order valence-corrected chi connectivity index (χ0v) is 9.27. The van der Waals surface area contributed by atoms with Gasteiger partial charge in [0, 0.05) is 0 Å². The minimum Gasteiger partial charge on any atom is -0.478 e. The van der Waals surface area contributed by atoms with Gasteiger partial charge in [-0.25, -0.2) is 4.79 Å². The van der Waals surface area contributed by atoms with Crippen LogP contribution in [0.25, 0.3) is 0 Å². The lowest BCUT2D eigenvalue weighted by molar-refractivity contribution is 0.0697. The van der Waals surface area contributed by atoms with Crippen molar-refractivity contribution in [2.45, 2.75) is 4.90 Å². The van der Waals surface area contributed by atoms with Crippen molar-refractivity contribution in [1.82, 2.24) is 0 Å². The van der Waals surface area contributed by atoms with Crippen molar-refractivity contribution >= 4 is 39.3 Å². The van der Waals surface area contributed by atoms with Crippen LogP contribution in [0.1, 0.15) is 10.4 Å². The summed E-state index contributed by atoms with van der Waals surface area (Å²) in [6.45, 7) is 0. The molecule has 0 amide bonds. The lowest BCUT2D eigenvalue weighted by Gasteiger charge is -2.04. The maximum Gasteiger partial charge on any atom is 0.337 e. The molecule has 0 bridgehead atoms. The largest absolute Gasteiger partial charge is 0.478 e. The van der Waals surface area contributed by atoms with Gasteiger partial charge >= 0.3 is 5.97 Å². The van der Waals surface area contributed by atoms with E-state index in [2.05, 4.69) is 0 Å². The minimum atomic E-state index is -4.56. The first-order valence-electron chi connectivity index (χ1n) is 3.43. The molecule has 1 rings (SSSR count). The lowest BCUT2D eigenvalue weighted by atomic mass is 10.2. The Morgan fingerprint density at radius 1 is 1.20 bits per heavy atom. The quantitative estimate of drug-likeness (QED) is 0.802. The SMILES string of the molecule is O=C(O)c1cc(S(=O)(=O)O)c(Cl)cc1Cl. The Morgan fingerprint density at radius 2 is 1.73 bits per heavy atom. The van der Waals surface area contributed by atoms with Crippen LogP contribution in [-0.2, 0) is 10.1 Å². The molecule has 1 aromatic rings. The molecule has 2 N–H and O–H groups in total. The van der Waals surface area contributed by atoms with Crippen molar-refractivity contribution < 1.29 is 22.9 Å². The van der Waals surface area contributed by atoms with E-state index in [9.17, 15) is 13.2 Å². The van der Waals surface area contributed by atoms with E-state index in [-0.39, 0.29) is 10.0 Å². The molecule has 0 radical (unpaired) electrons. The van der Waals surface area contributed by atoms with Gasteiger partial charge in [-0.2, -0.15) is 8.42 Å². The summed E-state index contributed by atoms with van der Waals surface area (Å²) in [7, 11) is -4.56. The Morgan fingerprint density at radius 3 is 2.13 bits per heavy atom. The van der Waals surface area contributed by atoms with Gasteiger partial charge in [0.15, 0.2) is 0 Å². The number of rotatable bonds is 2. The number of halogens is 2. The molecule has 0 aromatic heterocycles. The Labute approximate surface area is 95.0 Å². The monoisotopic (exact) mass is 270 g/mol. The van der Waals surface area contributed by atoms with Crippen LogP contribution >= 0.6 is 23.2 Å². The smallest absolute Gasteiger partial charge is 0.337 e. The Kier molecular flexibility index (Phi) is 3.25. The summed E-state index contributed by atoms with van der Waals surface area (Å²) in [4.78, 5) is 9.92. The topological polar surface area (TPSA) is 91.7 Å². The Hall–Kier alpha value is -0.820. The predicted molar refractivity (Wildman–Crippen MR) is 53.2 cm³/mol. The molecule has 0 aliphatic heterocycles. The summed E-state index contributed by atoms with van der Waals surface area (Å²) in [5, 5.41) is 8.09. The number of hydrogen-bond donors (Lipinski definition) is 2. The van der Waals surface area contributed by atoms with E-state index in [1.165, 1.54) is 0 Å². The van der Waals surface area contributed by atoms with Crippen LogP contribution in [-0.4, -0.2) is 24.0 Å². The van der Waals surface area contributed by atoms with Gasteiger partial charge in [0.25, 0.3) is 10.1 Å². The first kappa shape index (κ1) is 12.3. The number of hydrogen-bond acceptors (Lipinski definition) is 3. The Balaban J connectivity index is 3.58. The predicted octanol–water partition coefficient (Wildman–Crippen LogP) is 1.94. The molecule has 1 aromatic carbocycles. The van der Waals surface area contributed by atoms with Gasteiger partial charge in [-0.15, -0.1) is 0 Å². The van der Waals surface area contributed by atoms with Crippen LogP contribution in [0.15, 0.2) is 17.0 Å². The van der Waals surface area contributed by atoms with E-state index in [0.717, 1.165) is 6.07 Å². The number of carboxylic acids is 1. The maximum atomic E-state index is 10.8. The molecule has 0 spiro atoms. The van der Waals surface area contributed by atoms with Crippen molar-refractivity contribution in [1.29, 1.82) is 0 Å². The highest BCUT2D eigenvalue weighted by molar-refractivity contribution is 7.86. The molecular weight excluding hydrogens is 267 g/mol. The van der Waals surface area contributed by atoms with Crippen LogP contribution < -0.4 is 0 Å². The average molecular weight is 271 g/mol. The van der Waals surface area contributed by atoms with Gasteiger partial charge in [0.1, 0.15) is 4.90 Å². The molecule has 0 aliphatic carbocycles. The van der Waals surface area contributed by atoms with E-state index >= 15 is 0 Å². The van der Waals surface area contributed by atoms with Gasteiger partial charge in [0.2, 0.25) is 0 Å². The standard InChI is InChI=1S/C7H4Cl2O5S/c8-4-2-5(9)6(15(12,13)14)1-3(4)7(10)11/h1-2H,(H,10,11)(H,12,13,14). The zero-order valence-electron chi connectivity index (χ0n) is 6.94. The summed E-state index contributed by atoms with van der Waals surface area (Å²) in [5.74, 6) is -1.42. The second-order valence-corrected chi connectivity index (χ2v) is 4.75. The van der Waals surface area contributed by atoms with Crippen molar-refractivity contribution in [2.75, 3.05) is 0 Å². The fourth-order valence-electron chi connectivity index (χ4n) is 0.891. The van der Waals surface area contributed by atoms with E-state index in [4.69, 9.17) is 32.9 Å². The van der Waals surface area contributed by atoms with E-state index < -0.39 is 26.5 Å². The summed E-state index contributed by atoms with van der Waals surface area (Å²) >= 11 is 11.0. The molecule has 0 atom stereocenters. The van der Waals surface area contributed by atoms with Crippen molar-refractivity contribution in [3.8, 4) is 0 Å². The van der Waals surface area contributed by atoms with Gasteiger partial charge in [0.05, 0.1) is 15.6 Å². The van der Waals surface area contributed by atoms with Crippen molar-refractivity contribution in [3.05, 3.63) is 27.7 Å². The van der Waals surface area contributed by atoms with Gasteiger partial charge in [-0.05, 0) is 12.1 Å². The number of carbonyl (C=O) groups is 1. The molecule has 0 unspecified atom stereocenters. The van der Waals surface area contributed by atoms with Gasteiger partial charge in [-0.1, -0.05) is 23.2 Å². The molecule has 82 valence electrons. The van der Waals surface area contributed by atoms with Crippen molar-refractivity contribution in [2.24, 2.45) is 0 Å². The second-order valence-electron chi connectivity index (χ2n) is 2.54. The number of benzene rings is 1. The van der Waals surface area contributed by atoms with E-state index in [1.807, 2.05) is 0 Å². The zero-order chi connectivity index (χ0) is 11.8. The number of carboxylic acid groups (broad SMARTS) is 1. The van der Waals surface area contributed by atoms with Gasteiger partial charge in [-0.3, -0.25) is 4.55 Å². The van der Waals surface area contributed by atoms with E-state index in [1.54, 1.807) is 0 Å². The van der Waals surface area contributed by atoms with Crippen LogP contribution in [0.4, 0.5) is 0 Å². The first-order valence-corrected chi connectivity index (χ1v) is 5.63. The summed E-state index contributed by atoms with van der Waals surface area (Å²) in [6.07, 6.45) is 0. The van der Waals surface area contributed by atoms with Crippen LogP contribution in [0.3, 0.4) is 0 Å². The normalized spacial score (nSPS) is 11.4. The highest BCUT2D eigenvalue weighted by atomic mass is 35.5. The summed E-state index contributed by atoms with van der Waals surface area (Å²) < 4.78 is 30.3. The third-order valence-corrected chi connectivity index (χ3v) is 3.16. The fraction of sp³-hybridized carbons (Fsp3) is 0. The Bertz CT molecular complexity index is 522. The molecule has 8 heteroatoms. The molecule has 15 heavy (non-hydrogen) atoms. The molecule has 5 nitrogen and oxygen atoms in total. The second kappa shape index (κ2) is 3.97.